The highest BCUT2D eigenvalue weighted by molar-refractivity contribution is 6.34. The Labute approximate surface area is 169 Å². The van der Waals surface area contributed by atoms with E-state index in [1.54, 1.807) is 30.3 Å². The van der Waals surface area contributed by atoms with Gasteiger partial charge in [0.05, 0.1) is 23.4 Å². The molecule has 148 valence electrons. The number of hydrogen-bond donors (Lipinski definition) is 2. The number of hydrogen-bond acceptors (Lipinski definition) is 5. The third kappa shape index (κ3) is 4.16. The molecule has 2 aromatic rings. The Morgan fingerprint density at radius 2 is 1.75 bits per heavy atom. The number of amides is 3. The zero-order chi connectivity index (χ0) is 19.4. The standard InChI is InChI=1S/C20H21N3O4.ClH/c1-2-27-15-7-5-14(6-8-15)23-19(25)16-9-4-13(12-17(16)20(23)26)18(24)22-11-3-10-21;/h4-9,12H,2-3,10-11,21H2,1H3,(H,22,24);1H. The monoisotopic (exact) mass is 403 g/mol. The average molecular weight is 404 g/mol. The number of rotatable bonds is 7. The van der Waals surface area contributed by atoms with E-state index in [9.17, 15) is 14.4 Å². The number of nitrogens with one attached hydrogen (secondary N) is 1. The number of carbonyl (C=O) groups is 3. The predicted molar refractivity (Wildman–Crippen MR) is 108 cm³/mol. The van der Waals surface area contributed by atoms with Crippen LogP contribution in [0.3, 0.4) is 0 Å². The van der Waals surface area contributed by atoms with Gasteiger partial charge in [0.1, 0.15) is 5.75 Å². The Kier molecular flexibility index (Phi) is 7.14. The third-order valence-corrected chi connectivity index (χ3v) is 4.22. The van der Waals surface area contributed by atoms with Crippen LogP contribution >= 0.6 is 12.4 Å². The van der Waals surface area contributed by atoms with Crippen molar-refractivity contribution in [2.75, 3.05) is 24.6 Å². The van der Waals surface area contributed by atoms with Gasteiger partial charge in [-0.25, -0.2) is 4.90 Å². The van der Waals surface area contributed by atoms with Crippen molar-refractivity contribution in [2.24, 2.45) is 5.73 Å². The second kappa shape index (κ2) is 9.34. The van der Waals surface area contributed by atoms with Crippen molar-refractivity contribution in [3.63, 3.8) is 0 Å². The molecule has 28 heavy (non-hydrogen) atoms. The van der Waals surface area contributed by atoms with E-state index in [1.165, 1.54) is 12.1 Å². The van der Waals surface area contributed by atoms with E-state index < -0.39 is 11.8 Å². The van der Waals surface area contributed by atoms with Gasteiger partial charge in [-0.3, -0.25) is 14.4 Å². The smallest absolute Gasteiger partial charge is 0.266 e. The lowest BCUT2D eigenvalue weighted by molar-refractivity contribution is 0.0923. The molecule has 1 aliphatic heterocycles. The van der Waals surface area contributed by atoms with Crippen molar-refractivity contribution < 1.29 is 19.1 Å². The summed E-state index contributed by atoms with van der Waals surface area (Å²) in [6.07, 6.45) is 0.666. The molecular weight excluding hydrogens is 382 g/mol. The lowest BCUT2D eigenvalue weighted by Gasteiger charge is -2.14. The summed E-state index contributed by atoms with van der Waals surface area (Å²) in [6.45, 7) is 3.34. The Morgan fingerprint density at radius 1 is 1.07 bits per heavy atom. The van der Waals surface area contributed by atoms with Gasteiger partial charge in [0, 0.05) is 12.1 Å². The molecule has 3 N–H and O–H groups in total. The van der Waals surface area contributed by atoms with Gasteiger partial charge in [0.2, 0.25) is 0 Å². The van der Waals surface area contributed by atoms with E-state index in [1.807, 2.05) is 6.92 Å². The fraction of sp³-hybridized carbons (Fsp3) is 0.250. The van der Waals surface area contributed by atoms with Crippen LogP contribution in [0.15, 0.2) is 42.5 Å². The summed E-state index contributed by atoms with van der Waals surface area (Å²) >= 11 is 0. The lowest BCUT2D eigenvalue weighted by atomic mass is 10.1. The molecule has 2 aromatic carbocycles. The number of carbonyl (C=O) groups excluding carboxylic acids is 3. The van der Waals surface area contributed by atoms with Crippen molar-refractivity contribution in [2.45, 2.75) is 13.3 Å². The van der Waals surface area contributed by atoms with Crippen molar-refractivity contribution in [3.05, 3.63) is 59.2 Å². The van der Waals surface area contributed by atoms with Gasteiger partial charge in [0.15, 0.2) is 0 Å². The largest absolute Gasteiger partial charge is 0.494 e. The van der Waals surface area contributed by atoms with Crippen LogP contribution in [0.5, 0.6) is 5.75 Å². The highest BCUT2D eigenvalue weighted by atomic mass is 35.5. The molecule has 7 nitrogen and oxygen atoms in total. The molecule has 8 heteroatoms. The molecule has 3 amide bonds. The number of fused-ring (bicyclic) bond motifs is 1. The van der Waals surface area contributed by atoms with E-state index in [4.69, 9.17) is 10.5 Å². The van der Waals surface area contributed by atoms with Crippen LogP contribution in [0.25, 0.3) is 0 Å². The van der Waals surface area contributed by atoms with Gasteiger partial charge in [-0.05, 0) is 62.4 Å². The molecule has 0 atom stereocenters. The highest BCUT2D eigenvalue weighted by Gasteiger charge is 2.37. The van der Waals surface area contributed by atoms with Crippen molar-refractivity contribution in [1.82, 2.24) is 5.32 Å². The van der Waals surface area contributed by atoms with Gasteiger partial charge >= 0.3 is 0 Å². The third-order valence-electron chi connectivity index (χ3n) is 4.22. The van der Waals surface area contributed by atoms with Crippen LogP contribution in [0.2, 0.25) is 0 Å². The summed E-state index contributed by atoms with van der Waals surface area (Å²) < 4.78 is 5.38. The first-order valence-corrected chi connectivity index (χ1v) is 8.80. The topological polar surface area (TPSA) is 102 Å². The molecule has 0 saturated heterocycles. The first-order chi connectivity index (χ1) is 13.1. The molecule has 0 spiro atoms. The van der Waals surface area contributed by atoms with E-state index in [2.05, 4.69) is 5.32 Å². The Morgan fingerprint density at radius 3 is 2.39 bits per heavy atom. The first-order valence-electron chi connectivity index (χ1n) is 8.80. The van der Waals surface area contributed by atoms with Gasteiger partial charge < -0.3 is 15.8 Å². The average Bonchev–Trinajstić information content (AvgIpc) is 2.93. The minimum atomic E-state index is -0.448. The van der Waals surface area contributed by atoms with Crippen LogP contribution in [0.4, 0.5) is 5.69 Å². The number of anilines is 1. The minimum absolute atomic E-state index is 0. The van der Waals surface area contributed by atoms with Crippen LogP contribution in [-0.2, 0) is 0 Å². The maximum atomic E-state index is 12.8. The zero-order valence-corrected chi connectivity index (χ0v) is 16.3. The van der Waals surface area contributed by atoms with Crippen LogP contribution in [0.1, 0.15) is 44.4 Å². The number of nitrogens with zero attached hydrogens (tertiary/aromatic N) is 1. The van der Waals surface area contributed by atoms with Crippen LogP contribution in [-0.4, -0.2) is 37.4 Å². The molecular formula is C20H22ClN3O4. The maximum absolute atomic E-state index is 12.8. The molecule has 1 aliphatic rings. The number of imide groups is 1. The molecule has 0 fully saturated rings. The fourth-order valence-corrected chi connectivity index (χ4v) is 2.88. The summed E-state index contributed by atoms with van der Waals surface area (Å²) in [5, 5.41) is 2.74. The number of ether oxygens (including phenoxy) is 1. The number of nitrogens with two attached hydrogens (primary N) is 1. The SMILES string of the molecule is CCOc1ccc(N2C(=O)c3ccc(C(=O)NCCCN)cc3C2=O)cc1.Cl. The van der Waals surface area contributed by atoms with Gasteiger partial charge in [-0.1, -0.05) is 0 Å². The predicted octanol–water partition coefficient (Wildman–Crippen LogP) is 2.39. The molecule has 0 aromatic heterocycles. The maximum Gasteiger partial charge on any atom is 0.266 e. The Balaban J connectivity index is 0.00000280. The summed E-state index contributed by atoms with van der Waals surface area (Å²) in [5.41, 5.74) is 6.71. The molecule has 3 rings (SSSR count). The van der Waals surface area contributed by atoms with Crippen molar-refractivity contribution >= 4 is 35.8 Å². The van der Waals surface area contributed by atoms with E-state index >= 15 is 0 Å². The van der Waals surface area contributed by atoms with Crippen LogP contribution in [0, 0.1) is 0 Å². The molecule has 1 heterocycles. The molecule has 0 radical (unpaired) electrons. The van der Waals surface area contributed by atoms with Gasteiger partial charge in [-0.2, -0.15) is 0 Å². The normalized spacial score (nSPS) is 12.4. The molecule has 0 unspecified atom stereocenters. The molecule has 0 aliphatic carbocycles. The lowest BCUT2D eigenvalue weighted by Crippen LogP contribution is -2.29. The fourth-order valence-electron chi connectivity index (χ4n) is 2.88. The van der Waals surface area contributed by atoms with E-state index in [0.717, 1.165) is 4.90 Å². The second-order valence-corrected chi connectivity index (χ2v) is 6.03. The van der Waals surface area contributed by atoms with E-state index in [0.29, 0.717) is 43.1 Å². The summed E-state index contributed by atoms with van der Waals surface area (Å²) in [6, 6.07) is 11.3. The van der Waals surface area contributed by atoms with Crippen molar-refractivity contribution in [1.29, 1.82) is 0 Å². The number of benzene rings is 2. The quantitative estimate of drug-likeness (QED) is 0.546. The van der Waals surface area contributed by atoms with Crippen LogP contribution < -0.4 is 20.7 Å². The molecule has 0 bridgehead atoms. The highest BCUT2D eigenvalue weighted by Crippen LogP contribution is 2.30. The summed E-state index contributed by atoms with van der Waals surface area (Å²) in [7, 11) is 0. The Bertz CT molecular complexity index is 884. The summed E-state index contributed by atoms with van der Waals surface area (Å²) in [5.74, 6) is -0.495. The Hall–Kier alpha value is -2.90. The molecule has 0 saturated carbocycles. The zero-order valence-electron chi connectivity index (χ0n) is 15.4. The second-order valence-electron chi connectivity index (χ2n) is 6.03. The van der Waals surface area contributed by atoms with Gasteiger partial charge in [-0.15, -0.1) is 12.4 Å². The summed E-state index contributed by atoms with van der Waals surface area (Å²) in [4.78, 5) is 38.7. The first kappa shape index (κ1) is 21.4. The minimum Gasteiger partial charge on any atom is -0.494 e. The number of halogens is 1. The van der Waals surface area contributed by atoms with E-state index in [-0.39, 0.29) is 29.4 Å². The van der Waals surface area contributed by atoms with Crippen molar-refractivity contribution in [3.8, 4) is 5.75 Å². The van der Waals surface area contributed by atoms with Gasteiger partial charge in [0.25, 0.3) is 17.7 Å².